The van der Waals surface area contributed by atoms with Crippen molar-refractivity contribution in [3.05, 3.63) is 54.5 Å². The van der Waals surface area contributed by atoms with Crippen molar-refractivity contribution in [2.75, 3.05) is 26.6 Å². The molecule has 1 aromatic heterocycles. The van der Waals surface area contributed by atoms with Crippen LogP contribution in [-0.2, 0) is 0 Å². The molecular weight excluding hydrogens is 334 g/mol. The second-order valence-electron chi connectivity index (χ2n) is 5.41. The molecule has 134 valence electrons. The zero-order chi connectivity index (χ0) is 18.5. The molecule has 0 radical (unpaired) electrons. The zero-order valence-corrected chi connectivity index (χ0v) is 14.7. The van der Waals surface area contributed by atoms with Crippen LogP contribution in [0.15, 0.2) is 48.9 Å². The Balaban J connectivity index is 1.81. The van der Waals surface area contributed by atoms with Gasteiger partial charge in [-0.25, -0.2) is 4.98 Å². The number of nitrogens with one attached hydrogen (secondary N) is 2. The maximum absolute atomic E-state index is 12.6. The van der Waals surface area contributed by atoms with Crippen molar-refractivity contribution in [3.63, 3.8) is 0 Å². The highest BCUT2D eigenvalue weighted by Gasteiger charge is 2.17. The summed E-state index contributed by atoms with van der Waals surface area (Å²) in [5, 5.41) is 2.85. The van der Waals surface area contributed by atoms with Gasteiger partial charge >= 0.3 is 0 Å². The number of benzene rings is 2. The molecule has 0 aliphatic carbocycles. The van der Waals surface area contributed by atoms with Gasteiger partial charge in [0.2, 0.25) is 5.75 Å². The Morgan fingerprint density at radius 2 is 1.65 bits per heavy atom. The number of aromatic nitrogens is 2. The van der Waals surface area contributed by atoms with Crippen LogP contribution in [0.25, 0.3) is 11.3 Å². The summed E-state index contributed by atoms with van der Waals surface area (Å²) in [4.78, 5) is 19.6. The smallest absolute Gasteiger partial charge is 0.255 e. The second kappa shape index (κ2) is 7.60. The summed E-state index contributed by atoms with van der Waals surface area (Å²) >= 11 is 0. The minimum atomic E-state index is -0.279. The SMILES string of the molecule is COc1cc(C(=O)Nc2ccc(-c3cnc[nH]3)cc2)cc(OC)c1OC. The van der Waals surface area contributed by atoms with Crippen molar-refractivity contribution < 1.29 is 19.0 Å². The molecule has 2 aromatic carbocycles. The van der Waals surface area contributed by atoms with Crippen LogP contribution in [0.2, 0.25) is 0 Å². The number of carbonyl (C=O) groups is 1. The van der Waals surface area contributed by atoms with Gasteiger partial charge in [0.1, 0.15) is 0 Å². The van der Waals surface area contributed by atoms with Gasteiger partial charge in [0, 0.05) is 11.3 Å². The molecule has 3 aromatic rings. The van der Waals surface area contributed by atoms with Gasteiger partial charge < -0.3 is 24.5 Å². The number of carbonyl (C=O) groups excluding carboxylic acids is 1. The van der Waals surface area contributed by atoms with Gasteiger partial charge in [-0.05, 0) is 29.8 Å². The van der Waals surface area contributed by atoms with E-state index in [9.17, 15) is 4.79 Å². The first kappa shape index (κ1) is 17.3. The molecule has 0 unspecified atom stereocenters. The maximum atomic E-state index is 12.6. The molecule has 1 heterocycles. The fraction of sp³-hybridized carbons (Fsp3) is 0.158. The summed E-state index contributed by atoms with van der Waals surface area (Å²) < 4.78 is 15.8. The van der Waals surface area contributed by atoms with E-state index in [2.05, 4.69) is 15.3 Å². The van der Waals surface area contributed by atoms with E-state index < -0.39 is 0 Å². The highest BCUT2D eigenvalue weighted by molar-refractivity contribution is 6.05. The lowest BCUT2D eigenvalue weighted by Gasteiger charge is -2.14. The zero-order valence-electron chi connectivity index (χ0n) is 14.7. The third kappa shape index (κ3) is 3.46. The predicted octanol–water partition coefficient (Wildman–Crippen LogP) is 3.35. The standard InChI is InChI=1S/C19H19N3O4/c1-24-16-8-13(9-17(25-2)18(16)26-3)19(23)22-14-6-4-12(5-7-14)15-10-20-11-21-15/h4-11H,1-3H3,(H,20,21)(H,22,23). The molecule has 0 aliphatic heterocycles. The van der Waals surface area contributed by atoms with Crippen molar-refractivity contribution in [2.24, 2.45) is 0 Å². The summed E-state index contributed by atoms with van der Waals surface area (Å²) in [6, 6.07) is 10.7. The average molecular weight is 353 g/mol. The van der Waals surface area contributed by atoms with E-state index in [0.717, 1.165) is 11.3 Å². The number of hydrogen-bond donors (Lipinski definition) is 2. The molecule has 0 bridgehead atoms. The number of rotatable bonds is 6. The van der Waals surface area contributed by atoms with Crippen LogP contribution < -0.4 is 19.5 Å². The molecule has 0 atom stereocenters. The Morgan fingerprint density at radius 3 is 2.15 bits per heavy atom. The van der Waals surface area contributed by atoms with Crippen molar-refractivity contribution in [2.45, 2.75) is 0 Å². The van der Waals surface area contributed by atoms with Crippen LogP contribution in [0.4, 0.5) is 5.69 Å². The van der Waals surface area contributed by atoms with Gasteiger partial charge in [0.25, 0.3) is 5.91 Å². The van der Waals surface area contributed by atoms with Gasteiger partial charge in [-0.3, -0.25) is 4.79 Å². The molecule has 3 rings (SSSR count). The average Bonchev–Trinajstić information content (AvgIpc) is 3.22. The molecule has 2 N–H and O–H groups in total. The quantitative estimate of drug-likeness (QED) is 0.710. The Morgan fingerprint density at radius 1 is 1.00 bits per heavy atom. The van der Waals surface area contributed by atoms with E-state index in [0.29, 0.717) is 28.5 Å². The molecule has 7 nitrogen and oxygen atoms in total. The van der Waals surface area contributed by atoms with Crippen LogP contribution in [0.5, 0.6) is 17.2 Å². The minimum absolute atomic E-state index is 0.279. The van der Waals surface area contributed by atoms with Gasteiger partial charge in [0.15, 0.2) is 11.5 Å². The number of nitrogens with zero attached hydrogens (tertiary/aromatic N) is 1. The van der Waals surface area contributed by atoms with Crippen LogP contribution in [0, 0.1) is 0 Å². The maximum Gasteiger partial charge on any atom is 0.255 e. The lowest BCUT2D eigenvalue weighted by Crippen LogP contribution is -2.12. The van der Waals surface area contributed by atoms with Gasteiger partial charge in [-0.1, -0.05) is 12.1 Å². The Hall–Kier alpha value is -3.48. The minimum Gasteiger partial charge on any atom is -0.493 e. The van der Waals surface area contributed by atoms with Crippen molar-refractivity contribution in [3.8, 4) is 28.5 Å². The Kier molecular flexibility index (Phi) is 5.07. The number of aromatic amines is 1. The number of H-pyrrole nitrogens is 1. The van der Waals surface area contributed by atoms with Crippen molar-refractivity contribution in [1.82, 2.24) is 9.97 Å². The molecular formula is C19H19N3O4. The van der Waals surface area contributed by atoms with E-state index in [1.54, 1.807) is 24.7 Å². The first-order valence-electron chi connectivity index (χ1n) is 7.86. The van der Waals surface area contributed by atoms with E-state index in [1.807, 2.05) is 24.3 Å². The third-order valence-electron chi connectivity index (χ3n) is 3.88. The van der Waals surface area contributed by atoms with E-state index >= 15 is 0 Å². The van der Waals surface area contributed by atoms with Gasteiger partial charge in [-0.15, -0.1) is 0 Å². The number of hydrogen-bond acceptors (Lipinski definition) is 5. The summed E-state index contributed by atoms with van der Waals surface area (Å²) in [5.74, 6) is 1.01. The Bertz CT molecular complexity index is 865. The largest absolute Gasteiger partial charge is 0.493 e. The summed E-state index contributed by atoms with van der Waals surface area (Å²) in [5.41, 5.74) is 2.96. The molecule has 0 aliphatic rings. The molecule has 7 heteroatoms. The summed E-state index contributed by atoms with van der Waals surface area (Å²) in [6.45, 7) is 0. The summed E-state index contributed by atoms with van der Waals surface area (Å²) in [6.07, 6.45) is 3.36. The lowest BCUT2D eigenvalue weighted by molar-refractivity contribution is 0.102. The number of amides is 1. The van der Waals surface area contributed by atoms with Gasteiger partial charge in [0.05, 0.1) is 39.5 Å². The molecule has 0 fully saturated rings. The summed E-state index contributed by atoms with van der Waals surface area (Å²) in [7, 11) is 4.53. The number of anilines is 1. The van der Waals surface area contributed by atoms with Crippen LogP contribution in [0.3, 0.4) is 0 Å². The molecule has 26 heavy (non-hydrogen) atoms. The van der Waals surface area contributed by atoms with Crippen molar-refractivity contribution in [1.29, 1.82) is 0 Å². The first-order valence-corrected chi connectivity index (χ1v) is 7.86. The van der Waals surface area contributed by atoms with Gasteiger partial charge in [-0.2, -0.15) is 0 Å². The fourth-order valence-electron chi connectivity index (χ4n) is 2.56. The second-order valence-corrected chi connectivity index (χ2v) is 5.41. The van der Waals surface area contributed by atoms with E-state index in [-0.39, 0.29) is 5.91 Å². The predicted molar refractivity (Wildman–Crippen MR) is 98.1 cm³/mol. The molecule has 0 spiro atoms. The van der Waals surface area contributed by atoms with Crippen LogP contribution in [0.1, 0.15) is 10.4 Å². The van der Waals surface area contributed by atoms with Crippen molar-refractivity contribution >= 4 is 11.6 Å². The normalized spacial score (nSPS) is 10.3. The van der Waals surface area contributed by atoms with E-state index in [4.69, 9.17) is 14.2 Å². The highest BCUT2D eigenvalue weighted by Crippen LogP contribution is 2.38. The monoisotopic (exact) mass is 353 g/mol. The number of ether oxygens (including phenoxy) is 3. The molecule has 0 saturated heterocycles. The van der Waals surface area contributed by atoms with E-state index in [1.165, 1.54) is 21.3 Å². The molecule has 1 amide bonds. The number of imidazole rings is 1. The fourth-order valence-corrected chi connectivity index (χ4v) is 2.56. The third-order valence-corrected chi connectivity index (χ3v) is 3.88. The number of methoxy groups -OCH3 is 3. The Labute approximate surface area is 150 Å². The molecule has 0 saturated carbocycles. The highest BCUT2D eigenvalue weighted by atomic mass is 16.5. The topological polar surface area (TPSA) is 85.5 Å². The van der Waals surface area contributed by atoms with Crippen LogP contribution >= 0.6 is 0 Å². The van der Waals surface area contributed by atoms with Crippen LogP contribution in [-0.4, -0.2) is 37.2 Å². The first-order chi connectivity index (χ1) is 12.7. The lowest BCUT2D eigenvalue weighted by atomic mass is 10.1.